The summed E-state index contributed by atoms with van der Waals surface area (Å²) in [5.74, 6) is -0.653. The van der Waals surface area contributed by atoms with E-state index in [9.17, 15) is 22.0 Å². The minimum Gasteiger partial charge on any atom is -0.406 e. The molecule has 4 aromatic rings. The second kappa shape index (κ2) is 8.97. The van der Waals surface area contributed by atoms with Crippen LogP contribution in [0, 0.1) is 5.92 Å². The van der Waals surface area contributed by atoms with E-state index in [1.807, 2.05) is 13.8 Å². The van der Waals surface area contributed by atoms with Gasteiger partial charge in [-0.05, 0) is 41.3 Å². The van der Waals surface area contributed by atoms with Crippen LogP contribution in [0.3, 0.4) is 0 Å². The van der Waals surface area contributed by atoms with Gasteiger partial charge in [-0.15, -0.1) is 23.4 Å². The number of nitrogens with zero attached hydrogens (tertiary/aromatic N) is 5. The van der Waals surface area contributed by atoms with Crippen molar-refractivity contribution in [2.45, 2.75) is 39.3 Å². The quantitative estimate of drug-likeness (QED) is 0.321. The summed E-state index contributed by atoms with van der Waals surface area (Å²) in [7, 11) is 0. The molecule has 0 radical (unpaired) electrons. The molecule has 0 aliphatic rings. The van der Waals surface area contributed by atoms with Crippen LogP contribution in [-0.2, 0) is 23.9 Å². The Kier molecular flexibility index (Phi) is 6.21. The number of ether oxygens (including phenoxy) is 2. The van der Waals surface area contributed by atoms with Crippen molar-refractivity contribution >= 4 is 5.65 Å². The third-order valence-electron chi connectivity index (χ3n) is 4.56. The van der Waals surface area contributed by atoms with Crippen molar-refractivity contribution in [3.8, 4) is 16.9 Å². The third kappa shape index (κ3) is 5.47. The number of aromatic nitrogens is 5. The van der Waals surface area contributed by atoms with Gasteiger partial charge in [0.1, 0.15) is 12.4 Å². The molecule has 8 nitrogen and oxygen atoms in total. The van der Waals surface area contributed by atoms with Crippen molar-refractivity contribution in [2.75, 3.05) is 0 Å². The van der Waals surface area contributed by atoms with Gasteiger partial charge in [-0.25, -0.2) is 0 Å². The van der Waals surface area contributed by atoms with Crippen molar-refractivity contribution < 1.29 is 35.9 Å². The molecular formula is C21H18F5N5O3. The fraction of sp³-hybridized carbons (Fsp3) is 0.333. The summed E-state index contributed by atoms with van der Waals surface area (Å²) in [5.41, 5.74) is 1.02. The summed E-state index contributed by atoms with van der Waals surface area (Å²) in [6, 6.07) is 7.99. The van der Waals surface area contributed by atoms with Gasteiger partial charge >= 0.3 is 12.5 Å². The van der Waals surface area contributed by atoms with Crippen LogP contribution in [0.15, 0.2) is 47.1 Å². The van der Waals surface area contributed by atoms with E-state index in [2.05, 4.69) is 25.1 Å². The molecule has 1 aromatic carbocycles. The molecule has 0 atom stereocenters. The molecular weight excluding hydrogens is 465 g/mol. The van der Waals surface area contributed by atoms with Crippen LogP contribution in [0.5, 0.6) is 5.75 Å². The summed E-state index contributed by atoms with van der Waals surface area (Å²) < 4.78 is 81.3. The van der Waals surface area contributed by atoms with Gasteiger partial charge in [-0.3, -0.25) is 4.40 Å². The maximum Gasteiger partial charge on any atom is 0.573 e. The van der Waals surface area contributed by atoms with Crippen molar-refractivity contribution in [2.24, 2.45) is 5.92 Å². The predicted octanol–water partition coefficient (Wildman–Crippen LogP) is 5.14. The summed E-state index contributed by atoms with van der Waals surface area (Å²) >= 11 is 0. The summed E-state index contributed by atoms with van der Waals surface area (Å²) in [4.78, 5) is 4.02. The van der Waals surface area contributed by atoms with Crippen LogP contribution in [0.4, 0.5) is 22.0 Å². The van der Waals surface area contributed by atoms with Gasteiger partial charge in [0, 0.05) is 12.6 Å². The smallest absolute Gasteiger partial charge is 0.406 e. The van der Waals surface area contributed by atoms with Crippen LogP contribution in [0.25, 0.3) is 16.8 Å². The molecule has 0 saturated heterocycles. The third-order valence-corrected chi connectivity index (χ3v) is 4.56. The largest absolute Gasteiger partial charge is 0.573 e. The first kappa shape index (κ1) is 23.5. The maximum absolute atomic E-state index is 14.8. The molecule has 0 aliphatic carbocycles. The topological polar surface area (TPSA) is 87.6 Å². The molecule has 180 valence electrons. The van der Waals surface area contributed by atoms with E-state index in [4.69, 9.17) is 9.26 Å². The second-order valence-corrected chi connectivity index (χ2v) is 7.75. The second-order valence-electron chi connectivity index (χ2n) is 7.75. The Bertz CT molecular complexity index is 1270. The summed E-state index contributed by atoms with van der Waals surface area (Å²) in [6.07, 6.45) is -6.83. The van der Waals surface area contributed by atoms with E-state index in [-0.39, 0.29) is 17.4 Å². The number of hydrogen-bond acceptors (Lipinski definition) is 7. The summed E-state index contributed by atoms with van der Waals surface area (Å²) in [6.45, 7) is 3.28. The number of alkyl halides is 5. The SMILES string of the molecule is CC(C)Cc1nc(COC(F)(F)c2nnc3ccc(-c4ccc(OC(F)(F)F)cc4)cn23)no1. The first-order valence-electron chi connectivity index (χ1n) is 10.0. The number of rotatable bonds is 8. The van der Waals surface area contributed by atoms with Gasteiger partial charge in [-0.2, -0.15) is 13.8 Å². The van der Waals surface area contributed by atoms with Gasteiger partial charge in [0.05, 0.1) is 0 Å². The van der Waals surface area contributed by atoms with Crippen molar-refractivity contribution in [1.82, 2.24) is 24.7 Å². The highest BCUT2D eigenvalue weighted by molar-refractivity contribution is 5.65. The normalized spacial score (nSPS) is 12.6. The molecule has 0 aliphatic heterocycles. The van der Waals surface area contributed by atoms with Crippen LogP contribution >= 0.6 is 0 Å². The van der Waals surface area contributed by atoms with Gasteiger partial charge in [0.15, 0.2) is 11.5 Å². The number of pyridine rings is 1. The Hall–Kier alpha value is -3.61. The summed E-state index contributed by atoms with van der Waals surface area (Å²) in [5, 5.41) is 10.9. The average Bonchev–Trinajstić information content (AvgIpc) is 3.38. The minimum atomic E-state index is -4.82. The molecule has 0 spiro atoms. The molecule has 0 saturated carbocycles. The standard InChI is InChI=1S/C21H18F5N5O3/c1-12(2)9-18-27-16(30-34-18)11-32-20(22,23)19-29-28-17-8-5-14(10-31(17)19)13-3-6-15(7-4-13)33-21(24,25)26/h3-8,10,12H,9,11H2,1-2H3. The van der Waals surface area contributed by atoms with Crippen molar-refractivity contribution in [1.29, 1.82) is 0 Å². The van der Waals surface area contributed by atoms with E-state index in [0.29, 0.717) is 23.4 Å². The molecule has 34 heavy (non-hydrogen) atoms. The van der Waals surface area contributed by atoms with E-state index in [1.54, 1.807) is 6.07 Å². The molecule has 0 fully saturated rings. The van der Waals surface area contributed by atoms with Crippen LogP contribution in [0.2, 0.25) is 0 Å². The number of hydrogen-bond donors (Lipinski definition) is 0. The zero-order valence-electron chi connectivity index (χ0n) is 17.9. The van der Waals surface area contributed by atoms with E-state index in [1.165, 1.54) is 24.4 Å². The van der Waals surface area contributed by atoms with Gasteiger partial charge in [0.25, 0.3) is 0 Å². The molecule has 0 unspecified atom stereocenters. The fourth-order valence-corrected chi connectivity index (χ4v) is 3.11. The Morgan fingerprint density at radius 1 is 0.971 bits per heavy atom. The zero-order chi connectivity index (χ0) is 24.5. The predicted molar refractivity (Wildman–Crippen MR) is 107 cm³/mol. The number of halogens is 5. The Balaban J connectivity index is 1.54. The highest BCUT2D eigenvalue weighted by atomic mass is 19.4. The lowest BCUT2D eigenvalue weighted by molar-refractivity contribution is -0.274. The van der Waals surface area contributed by atoms with Gasteiger partial charge in [-0.1, -0.05) is 31.1 Å². The van der Waals surface area contributed by atoms with Crippen LogP contribution in [-0.4, -0.2) is 31.1 Å². The monoisotopic (exact) mass is 483 g/mol. The van der Waals surface area contributed by atoms with Crippen LogP contribution in [0.1, 0.15) is 31.4 Å². The number of benzene rings is 1. The fourth-order valence-electron chi connectivity index (χ4n) is 3.11. The van der Waals surface area contributed by atoms with E-state index in [0.717, 1.165) is 16.5 Å². The van der Waals surface area contributed by atoms with Gasteiger partial charge < -0.3 is 14.0 Å². The van der Waals surface area contributed by atoms with Crippen molar-refractivity contribution in [3.63, 3.8) is 0 Å². The lowest BCUT2D eigenvalue weighted by atomic mass is 10.1. The molecule has 13 heteroatoms. The number of fused-ring (bicyclic) bond motifs is 1. The maximum atomic E-state index is 14.8. The molecule has 4 rings (SSSR count). The molecule has 0 amide bonds. The Labute approximate surface area is 189 Å². The Morgan fingerprint density at radius 2 is 1.68 bits per heavy atom. The molecule has 3 heterocycles. The van der Waals surface area contributed by atoms with Gasteiger partial charge in [0.2, 0.25) is 11.7 Å². The zero-order valence-corrected chi connectivity index (χ0v) is 17.9. The highest BCUT2D eigenvalue weighted by Crippen LogP contribution is 2.31. The van der Waals surface area contributed by atoms with Crippen molar-refractivity contribution in [3.05, 3.63) is 60.1 Å². The Morgan fingerprint density at radius 3 is 2.35 bits per heavy atom. The first-order chi connectivity index (χ1) is 16.0. The molecule has 0 N–H and O–H groups in total. The lowest BCUT2D eigenvalue weighted by Gasteiger charge is -2.14. The van der Waals surface area contributed by atoms with E-state index < -0.39 is 30.7 Å². The minimum absolute atomic E-state index is 0.0361. The van der Waals surface area contributed by atoms with E-state index >= 15 is 0 Å². The highest BCUT2D eigenvalue weighted by Gasteiger charge is 2.39. The van der Waals surface area contributed by atoms with Crippen LogP contribution < -0.4 is 4.74 Å². The average molecular weight is 483 g/mol. The molecule has 0 bridgehead atoms. The lowest BCUT2D eigenvalue weighted by Crippen LogP contribution is -2.22. The molecule has 3 aromatic heterocycles. The first-order valence-corrected chi connectivity index (χ1v) is 10.0.